The topological polar surface area (TPSA) is 67.6 Å². The van der Waals surface area contributed by atoms with E-state index in [2.05, 4.69) is 10.2 Å². The number of amides is 1. The van der Waals surface area contributed by atoms with Gasteiger partial charge in [0.1, 0.15) is 18.2 Å². The molecule has 9 heteroatoms. The SMILES string of the molecule is NC1(COc2ccc(F)c3c2CCC(=O)N3)CCN(c2cc(Cl)c(Cl)cc2Cl)CC1. The zero-order valence-electron chi connectivity index (χ0n) is 16.1. The summed E-state index contributed by atoms with van der Waals surface area (Å²) in [4.78, 5) is 13.7. The molecule has 1 saturated heterocycles. The smallest absolute Gasteiger partial charge is 0.224 e. The van der Waals surface area contributed by atoms with E-state index >= 15 is 0 Å². The first-order valence-corrected chi connectivity index (χ1v) is 10.8. The van der Waals surface area contributed by atoms with Crippen LogP contribution in [0.3, 0.4) is 0 Å². The molecule has 0 bridgehead atoms. The van der Waals surface area contributed by atoms with Gasteiger partial charge in [-0.2, -0.15) is 0 Å². The number of ether oxygens (including phenoxy) is 1. The Balaban J connectivity index is 1.42. The minimum atomic E-state index is -0.529. The van der Waals surface area contributed by atoms with Crippen molar-refractivity contribution in [3.63, 3.8) is 0 Å². The second kappa shape index (κ2) is 8.42. The maximum absolute atomic E-state index is 14.1. The van der Waals surface area contributed by atoms with Crippen LogP contribution in [0.5, 0.6) is 5.75 Å². The summed E-state index contributed by atoms with van der Waals surface area (Å²) < 4.78 is 20.1. The number of carbonyl (C=O) groups is 1. The number of nitrogens with two attached hydrogens (primary N) is 1. The molecule has 2 aromatic rings. The lowest BCUT2D eigenvalue weighted by molar-refractivity contribution is -0.116. The van der Waals surface area contributed by atoms with Crippen LogP contribution in [0, 0.1) is 5.82 Å². The Labute approximate surface area is 189 Å². The third-order valence-electron chi connectivity index (χ3n) is 5.69. The van der Waals surface area contributed by atoms with E-state index in [1.807, 2.05) is 0 Å². The van der Waals surface area contributed by atoms with Crippen LogP contribution < -0.4 is 20.7 Å². The fourth-order valence-corrected chi connectivity index (χ4v) is 4.53. The molecule has 1 amide bonds. The zero-order valence-corrected chi connectivity index (χ0v) is 18.4. The highest BCUT2D eigenvalue weighted by Gasteiger charge is 2.33. The first-order valence-electron chi connectivity index (χ1n) is 9.68. The number of fused-ring (bicyclic) bond motifs is 1. The van der Waals surface area contributed by atoms with E-state index in [9.17, 15) is 9.18 Å². The highest BCUT2D eigenvalue weighted by Crippen LogP contribution is 2.37. The van der Waals surface area contributed by atoms with Crippen molar-refractivity contribution in [3.05, 3.63) is 50.7 Å². The Morgan fingerprint density at radius 2 is 1.80 bits per heavy atom. The predicted octanol–water partition coefficient (Wildman–Crippen LogP) is 5.05. The van der Waals surface area contributed by atoms with Crippen molar-refractivity contribution in [1.82, 2.24) is 0 Å². The number of hydrogen-bond donors (Lipinski definition) is 2. The fourth-order valence-electron chi connectivity index (χ4n) is 3.87. The molecule has 160 valence electrons. The average molecular weight is 473 g/mol. The van der Waals surface area contributed by atoms with Crippen molar-refractivity contribution in [2.45, 2.75) is 31.2 Å². The summed E-state index contributed by atoms with van der Waals surface area (Å²) in [6.07, 6.45) is 2.11. The number of anilines is 2. The summed E-state index contributed by atoms with van der Waals surface area (Å²) in [5.41, 5.74) is 7.78. The van der Waals surface area contributed by atoms with Gasteiger partial charge in [0.25, 0.3) is 0 Å². The highest BCUT2D eigenvalue weighted by molar-refractivity contribution is 6.44. The number of nitrogens with one attached hydrogen (secondary N) is 1. The number of carbonyl (C=O) groups excluding carboxylic acids is 1. The van der Waals surface area contributed by atoms with Crippen LogP contribution in [0.4, 0.5) is 15.8 Å². The van der Waals surface area contributed by atoms with E-state index in [1.54, 1.807) is 18.2 Å². The predicted molar refractivity (Wildman–Crippen MR) is 119 cm³/mol. The number of benzene rings is 2. The molecule has 0 unspecified atom stereocenters. The van der Waals surface area contributed by atoms with E-state index in [-0.39, 0.29) is 11.6 Å². The Hall–Kier alpha value is -1.73. The molecule has 30 heavy (non-hydrogen) atoms. The monoisotopic (exact) mass is 471 g/mol. The van der Waals surface area contributed by atoms with Crippen LogP contribution in [0.25, 0.3) is 0 Å². The molecule has 0 atom stereocenters. The van der Waals surface area contributed by atoms with Gasteiger partial charge in [-0.05, 0) is 43.5 Å². The van der Waals surface area contributed by atoms with E-state index in [0.29, 0.717) is 71.8 Å². The van der Waals surface area contributed by atoms with Gasteiger partial charge in [-0.3, -0.25) is 4.79 Å². The van der Waals surface area contributed by atoms with E-state index in [0.717, 1.165) is 5.69 Å². The van der Waals surface area contributed by atoms with Gasteiger partial charge in [0.15, 0.2) is 0 Å². The van der Waals surface area contributed by atoms with Crippen LogP contribution in [-0.2, 0) is 11.2 Å². The fraction of sp³-hybridized carbons (Fsp3) is 0.381. The summed E-state index contributed by atoms with van der Waals surface area (Å²) in [5, 5.41) is 4.01. The Morgan fingerprint density at radius 3 is 2.53 bits per heavy atom. The van der Waals surface area contributed by atoms with E-state index in [4.69, 9.17) is 45.3 Å². The van der Waals surface area contributed by atoms with Gasteiger partial charge in [-0.15, -0.1) is 0 Å². The number of hydrogen-bond acceptors (Lipinski definition) is 4. The van der Waals surface area contributed by atoms with Gasteiger partial charge in [0, 0.05) is 25.1 Å². The zero-order chi connectivity index (χ0) is 21.5. The van der Waals surface area contributed by atoms with Crippen LogP contribution in [0.1, 0.15) is 24.8 Å². The normalized spacial score (nSPS) is 18.0. The molecule has 2 heterocycles. The van der Waals surface area contributed by atoms with Gasteiger partial charge in [-0.25, -0.2) is 4.39 Å². The molecule has 5 nitrogen and oxygen atoms in total. The summed E-state index contributed by atoms with van der Waals surface area (Å²) in [6, 6.07) is 6.31. The molecule has 2 aliphatic rings. The van der Waals surface area contributed by atoms with E-state index in [1.165, 1.54) is 6.07 Å². The quantitative estimate of drug-likeness (QED) is 0.611. The van der Waals surface area contributed by atoms with Gasteiger partial charge in [0.2, 0.25) is 5.91 Å². The van der Waals surface area contributed by atoms with Crippen molar-refractivity contribution in [2.24, 2.45) is 5.73 Å². The molecule has 2 aromatic carbocycles. The van der Waals surface area contributed by atoms with Crippen LogP contribution in [0.15, 0.2) is 24.3 Å². The molecule has 3 N–H and O–H groups in total. The first kappa shape index (κ1) is 21.5. The Bertz CT molecular complexity index is 994. The third kappa shape index (κ3) is 4.33. The lowest BCUT2D eigenvalue weighted by Crippen LogP contribution is -2.54. The largest absolute Gasteiger partial charge is 0.491 e. The van der Waals surface area contributed by atoms with Crippen LogP contribution in [-0.4, -0.2) is 31.1 Å². The molecule has 0 saturated carbocycles. The average Bonchev–Trinajstić information content (AvgIpc) is 2.71. The summed E-state index contributed by atoms with van der Waals surface area (Å²) in [6.45, 7) is 1.67. The summed E-state index contributed by atoms with van der Waals surface area (Å²) in [5.74, 6) is -0.0898. The van der Waals surface area contributed by atoms with Crippen molar-refractivity contribution < 1.29 is 13.9 Å². The molecule has 2 aliphatic heterocycles. The third-order valence-corrected chi connectivity index (χ3v) is 6.72. The van der Waals surface area contributed by atoms with Crippen molar-refractivity contribution in [1.29, 1.82) is 0 Å². The molecule has 0 radical (unpaired) electrons. The number of rotatable bonds is 4. The molecule has 4 rings (SSSR count). The molecule has 0 spiro atoms. The van der Waals surface area contributed by atoms with Gasteiger partial charge < -0.3 is 20.7 Å². The molecule has 0 aromatic heterocycles. The minimum Gasteiger partial charge on any atom is -0.491 e. The minimum absolute atomic E-state index is 0.192. The summed E-state index contributed by atoms with van der Waals surface area (Å²) in [7, 11) is 0. The van der Waals surface area contributed by atoms with Crippen molar-refractivity contribution in [2.75, 3.05) is 29.9 Å². The Kier molecular flexibility index (Phi) is 6.04. The molecular weight excluding hydrogens is 452 g/mol. The first-order chi connectivity index (χ1) is 14.3. The van der Waals surface area contributed by atoms with Crippen molar-refractivity contribution in [3.8, 4) is 5.75 Å². The lowest BCUT2D eigenvalue weighted by atomic mass is 9.89. The number of halogens is 4. The van der Waals surface area contributed by atoms with Crippen molar-refractivity contribution >= 4 is 52.1 Å². The van der Waals surface area contributed by atoms with Gasteiger partial charge >= 0.3 is 0 Å². The number of piperidine rings is 1. The molecular formula is C21H21Cl3FN3O2. The highest BCUT2D eigenvalue weighted by atomic mass is 35.5. The van der Waals surface area contributed by atoms with Crippen LogP contribution in [0.2, 0.25) is 15.1 Å². The molecule has 0 aliphatic carbocycles. The van der Waals surface area contributed by atoms with Gasteiger partial charge in [-0.1, -0.05) is 34.8 Å². The Morgan fingerprint density at radius 1 is 1.10 bits per heavy atom. The maximum Gasteiger partial charge on any atom is 0.224 e. The van der Waals surface area contributed by atoms with E-state index < -0.39 is 11.4 Å². The number of nitrogens with zero attached hydrogens (tertiary/aromatic N) is 1. The van der Waals surface area contributed by atoms with Gasteiger partial charge in [0.05, 0.1) is 32.0 Å². The maximum atomic E-state index is 14.1. The molecule has 1 fully saturated rings. The lowest BCUT2D eigenvalue weighted by Gasteiger charge is -2.40. The van der Waals surface area contributed by atoms with Crippen LogP contribution >= 0.6 is 34.8 Å². The second-order valence-corrected chi connectivity index (χ2v) is 9.02. The standard InChI is InChI=1S/C21H21Cl3FN3O2/c22-13-9-15(24)17(10-14(13)23)28-7-5-21(26,6-8-28)11-30-18-3-2-16(25)20-12(18)1-4-19(29)27-20/h2-3,9-10H,1,4-8,11,26H2,(H,27,29). The summed E-state index contributed by atoms with van der Waals surface area (Å²) >= 11 is 18.5. The second-order valence-electron chi connectivity index (χ2n) is 7.80.